The molecule has 1 aliphatic rings. The topological polar surface area (TPSA) is 66.5 Å². The summed E-state index contributed by atoms with van der Waals surface area (Å²) < 4.78 is 27.0. The molecule has 0 spiro atoms. The molecule has 0 unspecified atom stereocenters. The number of carbonyl (C=O) groups is 1. The van der Waals surface area contributed by atoms with Crippen LogP contribution in [0.1, 0.15) is 36.0 Å². The molecule has 1 aromatic carbocycles. The van der Waals surface area contributed by atoms with Crippen molar-refractivity contribution in [1.82, 2.24) is 4.31 Å². The highest BCUT2D eigenvalue weighted by Gasteiger charge is 2.24. The second-order valence-corrected chi connectivity index (χ2v) is 8.53. The number of hydrogen-bond donors (Lipinski definition) is 1. The van der Waals surface area contributed by atoms with Gasteiger partial charge in [0.25, 0.3) is 5.91 Å². The molecule has 2 heterocycles. The van der Waals surface area contributed by atoms with E-state index in [9.17, 15) is 13.2 Å². The van der Waals surface area contributed by atoms with Crippen molar-refractivity contribution in [1.29, 1.82) is 0 Å². The Kier molecular flexibility index (Phi) is 5.33. The second-order valence-electron chi connectivity index (χ2n) is 5.81. The zero-order chi connectivity index (χ0) is 17.0. The molecular formula is C17H20N2O3S2. The van der Waals surface area contributed by atoms with E-state index in [-0.39, 0.29) is 10.8 Å². The van der Waals surface area contributed by atoms with Gasteiger partial charge in [-0.1, -0.05) is 12.8 Å². The fourth-order valence-corrected chi connectivity index (χ4v) is 4.89. The van der Waals surface area contributed by atoms with Gasteiger partial charge in [0.1, 0.15) is 0 Å². The van der Waals surface area contributed by atoms with Crippen LogP contribution in [-0.4, -0.2) is 31.7 Å². The van der Waals surface area contributed by atoms with Gasteiger partial charge in [0.2, 0.25) is 10.0 Å². The Balaban J connectivity index is 1.72. The fourth-order valence-electron chi connectivity index (χ4n) is 2.74. The van der Waals surface area contributed by atoms with E-state index in [4.69, 9.17) is 0 Å². The average molecular weight is 364 g/mol. The first-order chi connectivity index (χ1) is 11.6. The summed E-state index contributed by atoms with van der Waals surface area (Å²) in [5.41, 5.74) is 1.18. The molecule has 0 atom stereocenters. The number of amides is 1. The molecule has 1 amide bonds. The molecule has 1 aromatic heterocycles. The quantitative estimate of drug-likeness (QED) is 0.902. The summed E-state index contributed by atoms with van der Waals surface area (Å²) in [6.07, 6.45) is 3.99. The minimum Gasteiger partial charge on any atom is -0.322 e. The number of anilines is 1. The van der Waals surface area contributed by atoms with Crippen molar-refractivity contribution in [2.24, 2.45) is 0 Å². The van der Waals surface area contributed by atoms with E-state index >= 15 is 0 Å². The third kappa shape index (κ3) is 3.85. The normalized spacial score (nSPS) is 16.5. The molecule has 0 radical (unpaired) electrons. The highest BCUT2D eigenvalue weighted by molar-refractivity contribution is 7.89. The minimum absolute atomic E-state index is 0.195. The number of hydrogen-bond acceptors (Lipinski definition) is 4. The maximum Gasteiger partial charge on any atom is 0.256 e. The molecule has 2 aromatic rings. The predicted molar refractivity (Wildman–Crippen MR) is 95.9 cm³/mol. The van der Waals surface area contributed by atoms with Gasteiger partial charge >= 0.3 is 0 Å². The Hall–Kier alpha value is -1.70. The molecule has 0 bridgehead atoms. The van der Waals surface area contributed by atoms with Gasteiger partial charge < -0.3 is 5.32 Å². The zero-order valence-corrected chi connectivity index (χ0v) is 14.9. The van der Waals surface area contributed by atoms with E-state index in [0.29, 0.717) is 24.3 Å². The van der Waals surface area contributed by atoms with E-state index < -0.39 is 10.0 Å². The molecule has 128 valence electrons. The SMILES string of the molecule is O=C(Nc1ccc(S(=O)(=O)N2CCCCCC2)cc1)c1ccsc1. The Labute approximate surface area is 146 Å². The number of carbonyl (C=O) groups excluding carboxylic acids is 1. The van der Waals surface area contributed by atoms with Crippen LogP contribution in [0.5, 0.6) is 0 Å². The summed E-state index contributed by atoms with van der Waals surface area (Å²) in [5, 5.41) is 6.38. The lowest BCUT2D eigenvalue weighted by Crippen LogP contribution is -2.31. The average Bonchev–Trinajstić information content (AvgIpc) is 2.97. The molecule has 24 heavy (non-hydrogen) atoms. The van der Waals surface area contributed by atoms with Crippen molar-refractivity contribution in [3.63, 3.8) is 0 Å². The molecule has 7 heteroatoms. The number of rotatable bonds is 4. The largest absolute Gasteiger partial charge is 0.322 e. The van der Waals surface area contributed by atoms with Gasteiger partial charge in [-0.05, 0) is 48.6 Å². The van der Waals surface area contributed by atoms with Crippen LogP contribution in [-0.2, 0) is 10.0 Å². The molecule has 1 saturated heterocycles. The van der Waals surface area contributed by atoms with Gasteiger partial charge in [-0.3, -0.25) is 4.79 Å². The van der Waals surface area contributed by atoms with E-state index in [1.165, 1.54) is 11.3 Å². The third-order valence-electron chi connectivity index (χ3n) is 4.10. The zero-order valence-electron chi connectivity index (χ0n) is 13.3. The summed E-state index contributed by atoms with van der Waals surface area (Å²) >= 11 is 1.46. The van der Waals surface area contributed by atoms with Gasteiger partial charge in [-0.15, -0.1) is 0 Å². The van der Waals surface area contributed by atoms with E-state index in [1.54, 1.807) is 40.0 Å². The van der Waals surface area contributed by atoms with Crippen molar-refractivity contribution >= 4 is 33.0 Å². The van der Waals surface area contributed by atoms with Crippen LogP contribution in [0.25, 0.3) is 0 Å². The lowest BCUT2D eigenvalue weighted by Gasteiger charge is -2.20. The number of thiophene rings is 1. The maximum atomic E-state index is 12.7. The molecule has 1 aliphatic heterocycles. The van der Waals surface area contributed by atoms with Crippen LogP contribution in [0.15, 0.2) is 46.0 Å². The van der Waals surface area contributed by atoms with Gasteiger partial charge in [0, 0.05) is 24.2 Å². The summed E-state index contributed by atoms with van der Waals surface area (Å²) in [6.45, 7) is 1.16. The number of sulfonamides is 1. The molecule has 0 aliphatic carbocycles. The number of nitrogens with one attached hydrogen (secondary N) is 1. The predicted octanol–water partition coefficient (Wildman–Crippen LogP) is 3.57. The summed E-state index contributed by atoms with van der Waals surface area (Å²) in [7, 11) is -3.45. The smallest absolute Gasteiger partial charge is 0.256 e. The summed E-state index contributed by atoms with van der Waals surface area (Å²) in [5.74, 6) is -0.195. The Morgan fingerprint density at radius 1 is 1.00 bits per heavy atom. The Bertz CT molecular complexity index is 776. The first-order valence-corrected chi connectivity index (χ1v) is 10.4. The summed E-state index contributed by atoms with van der Waals surface area (Å²) in [6, 6.07) is 8.13. The van der Waals surface area contributed by atoms with Crippen molar-refractivity contribution < 1.29 is 13.2 Å². The first kappa shape index (κ1) is 17.1. The lowest BCUT2D eigenvalue weighted by molar-refractivity contribution is 0.102. The minimum atomic E-state index is -3.45. The highest BCUT2D eigenvalue weighted by atomic mass is 32.2. The van der Waals surface area contributed by atoms with Crippen LogP contribution in [0.3, 0.4) is 0 Å². The van der Waals surface area contributed by atoms with Gasteiger partial charge in [0.15, 0.2) is 0 Å². The van der Waals surface area contributed by atoms with Crippen LogP contribution in [0.4, 0.5) is 5.69 Å². The van der Waals surface area contributed by atoms with Crippen molar-refractivity contribution in [2.45, 2.75) is 30.6 Å². The van der Waals surface area contributed by atoms with Crippen LogP contribution >= 0.6 is 11.3 Å². The van der Waals surface area contributed by atoms with Gasteiger partial charge in [-0.25, -0.2) is 8.42 Å². The lowest BCUT2D eigenvalue weighted by atomic mass is 10.2. The Morgan fingerprint density at radius 3 is 2.25 bits per heavy atom. The van der Waals surface area contributed by atoms with Crippen molar-refractivity contribution in [3.05, 3.63) is 46.7 Å². The molecule has 1 fully saturated rings. The molecule has 5 nitrogen and oxygen atoms in total. The molecular weight excluding hydrogens is 344 g/mol. The van der Waals surface area contributed by atoms with Crippen molar-refractivity contribution in [2.75, 3.05) is 18.4 Å². The highest BCUT2D eigenvalue weighted by Crippen LogP contribution is 2.22. The number of benzene rings is 1. The van der Waals surface area contributed by atoms with Crippen molar-refractivity contribution in [3.8, 4) is 0 Å². The fraction of sp³-hybridized carbons (Fsp3) is 0.353. The molecule has 0 saturated carbocycles. The second kappa shape index (κ2) is 7.46. The number of nitrogens with zero attached hydrogens (tertiary/aromatic N) is 1. The van der Waals surface area contributed by atoms with E-state index in [0.717, 1.165) is 25.7 Å². The first-order valence-electron chi connectivity index (χ1n) is 8.01. The van der Waals surface area contributed by atoms with Gasteiger partial charge in [0.05, 0.1) is 10.5 Å². The van der Waals surface area contributed by atoms with E-state index in [1.807, 2.05) is 5.38 Å². The standard InChI is InChI=1S/C17H20N2O3S2/c20-17(14-9-12-23-13-14)18-15-5-7-16(8-6-15)24(21,22)19-10-3-1-2-4-11-19/h5-9,12-13H,1-4,10-11H2,(H,18,20). The Morgan fingerprint density at radius 2 is 1.67 bits per heavy atom. The maximum absolute atomic E-state index is 12.7. The molecule has 1 N–H and O–H groups in total. The monoisotopic (exact) mass is 364 g/mol. The third-order valence-corrected chi connectivity index (χ3v) is 6.69. The van der Waals surface area contributed by atoms with E-state index in [2.05, 4.69) is 5.32 Å². The van der Waals surface area contributed by atoms with Crippen LogP contribution in [0, 0.1) is 0 Å². The van der Waals surface area contributed by atoms with Crippen LogP contribution < -0.4 is 5.32 Å². The van der Waals surface area contributed by atoms with Gasteiger partial charge in [-0.2, -0.15) is 15.6 Å². The molecule has 3 rings (SSSR count). The van der Waals surface area contributed by atoms with Crippen LogP contribution in [0.2, 0.25) is 0 Å². The summed E-state index contributed by atoms with van der Waals surface area (Å²) in [4.78, 5) is 12.3.